The average Bonchev–Trinajstić information content (AvgIpc) is 2.60. The van der Waals surface area contributed by atoms with Gasteiger partial charge in [0.05, 0.1) is 13.5 Å². The summed E-state index contributed by atoms with van der Waals surface area (Å²) >= 11 is 0. The summed E-state index contributed by atoms with van der Waals surface area (Å²) in [4.78, 5) is 11.0. The molecule has 1 atom stereocenters. The molecule has 0 saturated heterocycles. The third-order valence-corrected chi connectivity index (χ3v) is 3.69. The predicted octanol–water partition coefficient (Wildman–Crippen LogP) is 4.41. The predicted molar refractivity (Wildman–Crippen MR) is 93.6 cm³/mol. The molecule has 24 heavy (non-hydrogen) atoms. The zero-order valence-electron chi connectivity index (χ0n) is 13.9. The fourth-order valence-corrected chi connectivity index (χ4v) is 2.42. The lowest BCUT2D eigenvalue weighted by atomic mass is 9.95. The van der Waals surface area contributed by atoms with E-state index < -0.39 is 5.97 Å². The Hall–Kier alpha value is -2.75. The molecule has 0 aliphatic rings. The first kappa shape index (κ1) is 17.6. The van der Waals surface area contributed by atoms with Crippen LogP contribution in [0.5, 0.6) is 11.5 Å². The highest BCUT2D eigenvalue weighted by atomic mass is 16.5. The molecule has 0 aliphatic heterocycles. The lowest BCUT2D eigenvalue weighted by Gasteiger charge is -2.12. The van der Waals surface area contributed by atoms with Gasteiger partial charge in [0.25, 0.3) is 0 Å². The Kier molecular flexibility index (Phi) is 6.43. The van der Waals surface area contributed by atoms with Gasteiger partial charge in [-0.2, -0.15) is 0 Å². The van der Waals surface area contributed by atoms with Crippen molar-refractivity contribution in [3.8, 4) is 11.5 Å². The number of benzene rings is 2. The van der Waals surface area contributed by atoms with Crippen molar-refractivity contribution in [3.05, 3.63) is 71.8 Å². The van der Waals surface area contributed by atoms with Crippen molar-refractivity contribution in [2.45, 2.75) is 25.9 Å². The van der Waals surface area contributed by atoms with Gasteiger partial charge in [0.15, 0.2) is 0 Å². The summed E-state index contributed by atoms with van der Waals surface area (Å²) in [6.45, 7) is 2.36. The van der Waals surface area contributed by atoms with Crippen LogP contribution in [0.25, 0.3) is 0 Å². The van der Waals surface area contributed by atoms with Crippen molar-refractivity contribution < 1.29 is 19.4 Å². The molecular weight excluding hydrogens is 304 g/mol. The first-order chi connectivity index (χ1) is 11.6. The third-order valence-electron chi connectivity index (χ3n) is 3.69. The summed E-state index contributed by atoms with van der Waals surface area (Å²) in [7, 11) is 1.64. The highest BCUT2D eigenvalue weighted by Gasteiger charge is 2.12. The molecule has 1 N–H and O–H groups in total. The molecule has 0 saturated carbocycles. The Labute approximate surface area is 142 Å². The molecule has 0 spiro atoms. The molecule has 126 valence electrons. The maximum Gasteiger partial charge on any atom is 0.304 e. The van der Waals surface area contributed by atoms with Crippen LogP contribution in [-0.2, 0) is 11.4 Å². The second kappa shape index (κ2) is 8.77. The van der Waals surface area contributed by atoms with Crippen molar-refractivity contribution in [2.24, 2.45) is 0 Å². The molecule has 0 heterocycles. The van der Waals surface area contributed by atoms with Crippen LogP contribution in [0, 0.1) is 0 Å². The number of methoxy groups -OCH3 is 1. The van der Waals surface area contributed by atoms with Crippen LogP contribution in [0.1, 0.15) is 30.4 Å². The minimum atomic E-state index is -0.807. The number of carboxylic acids is 1. The second-order valence-electron chi connectivity index (χ2n) is 5.44. The summed E-state index contributed by atoms with van der Waals surface area (Å²) in [6.07, 6.45) is 3.86. The van der Waals surface area contributed by atoms with Crippen LogP contribution in [0.2, 0.25) is 0 Å². The van der Waals surface area contributed by atoms with Crippen molar-refractivity contribution >= 4 is 5.97 Å². The smallest absolute Gasteiger partial charge is 0.304 e. The molecule has 0 bridgehead atoms. The molecule has 4 nitrogen and oxygen atoms in total. The number of carboxylic acid groups (broad SMARTS) is 1. The van der Waals surface area contributed by atoms with Crippen LogP contribution >= 0.6 is 0 Å². The number of aliphatic carboxylic acids is 1. The number of allylic oxidation sites excluding steroid dienone is 2. The van der Waals surface area contributed by atoms with Crippen molar-refractivity contribution in [3.63, 3.8) is 0 Å². The summed E-state index contributed by atoms with van der Waals surface area (Å²) in [5.41, 5.74) is 2.02. The van der Waals surface area contributed by atoms with Gasteiger partial charge in [-0.1, -0.05) is 36.4 Å². The average molecular weight is 326 g/mol. The Bertz CT molecular complexity index is 672. The van der Waals surface area contributed by atoms with Gasteiger partial charge in [-0.15, -0.1) is 0 Å². The minimum absolute atomic E-state index is 0.0798. The van der Waals surface area contributed by atoms with E-state index in [9.17, 15) is 4.79 Å². The Morgan fingerprint density at radius 2 is 1.71 bits per heavy atom. The first-order valence-corrected chi connectivity index (χ1v) is 7.82. The summed E-state index contributed by atoms with van der Waals surface area (Å²) in [5, 5.41) is 9.01. The maximum atomic E-state index is 11.0. The molecule has 0 radical (unpaired) electrons. The number of hydrogen-bond acceptors (Lipinski definition) is 3. The molecule has 0 fully saturated rings. The largest absolute Gasteiger partial charge is 0.497 e. The SMILES string of the molecule is C/C=C/[C@H](CC(=O)O)c1ccc(OCc2ccc(OC)cc2)cc1. The van der Waals surface area contributed by atoms with Crippen molar-refractivity contribution in [1.82, 2.24) is 0 Å². The standard InChI is InChI=1S/C20H22O4/c1-3-4-17(13-20(21)22)16-7-11-19(12-8-16)24-14-15-5-9-18(23-2)10-6-15/h3-12,17H,13-14H2,1-2H3,(H,21,22)/b4-3+/t17-/m1/s1. The number of ether oxygens (including phenoxy) is 2. The zero-order chi connectivity index (χ0) is 17.4. The molecule has 0 amide bonds. The van der Waals surface area contributed by atoms with Gasteiger partial charge < -0.3 is 14.6 Å². The van der Waals surface area contributed by atoms with E-state index in [4.69, 9.17) is 14.6 Å². The number of carbonyl (C=O) groups is 1. The fourth-order valence-electron chi connectivity index (χ4n) is 2.42. The fraction of sp³-hybridized carbons (Fsp3) is 0.250. The quantitative estimate of drug-likeness (QED) is 0.730. The summed E-state index contributed by atoms with van der Waals surface area (Å²) in [6, 6.07) is 15.3. The van der Waals surface area contributed by atoms with E-state index in [2.05, 4.69) is 0 Å². The van der Waals surface area contributed by atoms with Crippen LogP contribution in [-0.4, -0.2) is 18.2 Å². The van der Waals surface area contributed by atoms with Crippen LogP contribution in [0.3, 0.4) is 0 Å². The van der Waals surface area contributed by atoms with Crippen LogP contribution in [0.4, 0.5) is 0 Å². The van der Waals surface area contributed by atoms with Gasteiger partial charge in [0, 0.05) is 5.92 Å². The molecule has 0 unspecified atom stereocenters. The molecule has 0 aromatic heterocycles. The van der Waals surface area contributed by atoms with Gasteiger partial charge in [0.1, 0.15) is 18.1 Å². The van der Waals surface area contributed by atoms with E-state index in [1.807, 2.05) is 67.6 Å². The normalized spacial score (nSPS) is 12.1. The second-order valence-corrected chi connectivity index (χ2v) is 5.44. The van der Waals surface area contributed by atoms with Gasteiger partial charge in [-0.25, -0.2) is 0 Å². The highest BCUT2D eigenvalue weighted by Crippen LogP contribution is 2.24. The number of rotatable bonds is 8. The first-order valence-electron chi connectivity index (χ1n) is 7.82. The van der Waals surface area contributed by atoms with Crippen molar-refractivity contribution in [1.29, 1.82) is 0 Å². The van der Waals surface area contributed by atoms with Gasteiger partial charge in [-0.05, 0) is 42.3 Å². The zero-order valence-corrected chi connectivity index (χ0v) is 13.9. The number of hydrogen-bond donors (Lipinski definition) is 1. The minimum Gasteiger partial charge on any atom is -0.497 e. The third kappa shape index (κ3) is 5.16. The van der Waals surface area contributed by atoms with E-state index in [1.165, 1.54) is 0 Å². The molecule has 4 heteroatoms. The monoisotopic (exact) mass is 326 g/mol. The van der Waals surface area contributed by atoms with Crippen LogP contribution < -0.4 is 9.47 Å². The molecule has 0 aliphatic carbocycles. The Balaban J connectivity index is 1.98. The van der Waals surface area contributed by atoms with E-state index in [1.54, 1.807) is 7.11 Å². The van der Waals surface area contributed by atoms with Gasteiger partial charge in [0.2, 0.25) is 0 Å². The van der Waals surface area contributed by atoms with Gasteiger partial charge >= 0.3 is 5.97 Å². The lowest BCUT2D eigenvalue weighted by molar-refractivity contribution is -0.137. The molecular formula is C20H22O4. The molecule has 2 aromatic carbocycles. The van der Waals surface area contributed by atoms with E-state index in [0.29, 0.717) is 6.61 Å². The summed E-state index contributed by atoms with van der Waals surface area (Å²) in [5.74, 6) is 0.641. The van der Waals surface area contributed by atoms with E-state index in [-0.39, 0.29) is 12.3 Å². The van der Waals surface area contributed by atoms with E-state index in [0.717, 1.165) is 22.6 Å². The maximum absolute atomic E-state index is 11.0. The van der Waals surface area contributed by atoms with Gasteiger partial charge in [-0.3, -0.25) is 4.79 Å². The van der Waals surface area contributed by atoms with Crippen LogP contribution in [0.15, 0.2) is 60.7 Å². The Morgan fingerprint density at radius 1 is 1.08 bits per heavy atom. The van der Waals surface area contributed by atoms with Crippen molar-refractivity contribution in [2.75, 3.05) is 7.11 Å². The molecule has 2 rings (SSSR count). The van der Waals surface area contributed by atoms with E-state index >= 15 is 0 Å². The summed E-state index contributed by atoms with van der Waals surface area (Å²) < 4.78 is 10.9. The lowest BCUT2D eigenvalue weighted by Crippen LogP contribution is -2.04. The molecule has 2 aromatic rings. The topological polar surface area (TPSA) is 55.8 Å². The Morgan fingerprint density at radius 3 is 2.25 bits per heavy atom. The highest BCUT2D eigenvalue weighted by molar-refractivity contribution is 5.68.